The molecule has 108 heavy (non-hydrogen) atoms. The Kier molecular flexibility index (Phi) is 25.7. The summed E-state index contributed by atoms with van der Waals surface area (Å²) in [5, 5.41) is 24.5. The predicted molar refractivity (Wildman–Crippen MR) is 358 cm³/mol. The van der Waals surface area contributed by atoms with Crippen LogP contribution in [0.15, 0.2) is 11.6 Å². The number of hydrogen-bond donors (Lipinski definition) is 2. The van der Waals surface area contributed by atoms with Gasteiger partial charge in [-0.05, 0) is 111 Å². The van der Waals surface area contributed by atoms with E-state index in [4.69, 9.17) is 90.0 Å². The first-order valence-electron chi connectivity index (χ1n) is 36.5. The number of fused-ring (bicyclic) bond motifs is 7. The Hall–Kier alpha value is -7.47. The number of carboxylic acids is 1. The van der Waals surface area contributed by atoms with Crippen LogP contribution in [0.1, 0.15) is 182 Å². The zero-order valence-corrected chi connectivity index (χ0v) is 64.3. The van der Waals surface area contributed by atoms with Crippen LogP contribution in [-0.4, -0.2) is 230 Å². The van der Waals surface area contributed by atoms with Gasteiger partial charge in [0, 0.05) is 76.2 Å². The van der Waals surface area contributed by atoms with Gasteiger partial charge in [-0.3, -0.25) is 62.3 Å². The van der Waals surface area contributed by atoms with Crippen molar-refractivity contribution in [3.8, 4) is 0 Å². The number of esters is 12. The summed E-state index contributed by atoms with van der Waals surface area (Å²) in [4.78, 5) is 171. The molecule has 28 atom stereocenters. The first-order chi connectivity index (χ1) is 50.3. The van der Waals surface area contributed by atoms with Crippen LogP contribution >= 0.6 is 0 Å². The summed E-state index contributed by atoms with van der Waals surface area (Å²) >= 11 is 0. The maximum absolute atomic E-state index is 16.1. The lowest BCUT2D eigenvalue weighted by Crippen LogP contribution is -2.70. The number of aliphatic hydroxyl groups excluding tert-OH is 1. The second-order valence-corrected chi connectivity index (χ2v) is 31.7. The third-order valence-electron chi connectivity index (χ3n) is 23.8. The minimum atomic E-state index is -1.93. The maximum Gasteiger partial charge on any atom is 0.315 e. The molecule has 4 saturated carbocycles. The second kappa shape index (κ2) is 32.8. The van der Waals surface area contributed by atoms with Gasteiger partial charge >= 0.3 is 77.6 Å². The fourth-order valence-corrected chi connectivity index (χ4v) is 19.3. The summed E-state index contributed by atoms with van der Waals surface area (Å²) in [6, 6.07) is 0. The van der Waals surface area contributed by atoms with Crippen LogP contribution in [0, 0.1) is 50.2 Å². The Balaban J connectivity index is 1.04. The van der Waals surface area contributed by atoms with Crippen molar-refractivity contribution in [2.24, 2.45) is 50.2 Å². The van der Waals surface area contributed by atoms with Crippen molar-refractivity contribution >= 4 is 77.6 Å². The van der Waals surface area contributed by atoms with Crippen LogP contribution in [0.4, 0.5) is 0 Å². The van der Waals surface area contributed by atoms with Crippen molar-refractivity contribution in [3.05, 3.63) is 11.6 Å². The number of aliphatic carboxylic acids is 1. The lowest BCUT2D eigenvalue weighted by atomic mass is 9.33. The third kappa shape index (κ3) is 17.2. The van der Waals surface area contributed by atoms with Gasteiger partial charge in [-0.15, -0.1) is 0 Å². The van der Waals surface area contributed by atoms with Crippen molar-refractivity contribution in [3.63, 3.8) is 0 Å². The van der Waals surface area contributed by atoms with Gasteiger partial charge in [0.2, 0.25) is 6.29 Å². The molecule has 604 valence electrons. The largest absolute Gasteiger partial charge is 0.481 e. The van der Waals surface area contributed by atoms with Crippen molar-refractivity contribution in [2.75, 3.05) is 19.8 Å². The normalized spacial score (nSPS) is 40.9. The Bertz CT molecular complexity index is 3500. The van der Waals surface area contributed by atoms with Gasteiger partial charge in [0.1, 0.15) is 24.9 Å². The maximum atomic E-state index is 16.1. The molecule has 0 aromatic heterocycles. The Morgan fingerprint density at radius 3 is 1.41 bits per heavy atom. The fourth-order valence-electron chi connectivity index (χ4n) is 19.3. The molecule has 0 spiro atoms. The Morgan fingerprint density at radius 2 is 0.898 bits per heavy atom. The minimum absolute atomic E-state index is 0.0152. The number of carboxylic acid groups (broad SMARTS) is 1. The highest BCUT2D eigenvalue weighted by Crippen LogP contribution is 2.76. The average Bonchev–Trinajstić information content (AvgIpc) is 0.671. The van der Waals surface area contributed by atoms with Crippen molar-refractivity contribution in [1.29, 1.82) is 0 Å². The zero-order valence-electron chi connectivity index (χ0n) is 64.3. The van der Waals surface area contributed by atoms with Crippen LogP contribution in [-0.2, 0) is 152 Å². The molecule has 0 aromatic carbocycles. The number of ether oxygens (including phenoxy) is 19. The number of carbonyl (C=O) groups excluding carboxylic acids is 12. The van der Waals surface area contributed by atoms with Gasteiger partial charge in [-0.2, -0.15) is 0 Å². The molecule has 9 rings (SSSR count). The lowest BCUT2D eigenvalue weighted by Gasteiger charge is -2.71. The fraction of sp³-hybridized carbons (Fsp3) is 0.797. The second-order valence-electron chi connectivity index (χ2n) is 31.7. The molecule has 4 aliphatic heterocycles. The molecule has 9 aliphatic rings. The van der Waals surface area contributed by atoms with E-state index < -0.39 is 259 Å². The Labute approximate surface area is 624 Å². The summed E-state index contributed by atoms with van der Waals surface area (Å²) in [7, 11) is 0. The van der Waals surface area contributed by atoms with Crippen molar-refractivity contribution in [2.45, 2.75) is 305 Å². The molecule has 0 radical (unpaired) electrons. The van der Waals surface area contributed by atoms with Gasteiger partial charge in [0.25, 0.3) is 0 Å². The topological polar surface area (TPSA) is 438 Å². The van der Waals surface area contributed by atoms with E-state index in [2.05, 4.69) is 33.8 Å². The molecule has 0 unspecified atom stereocenters. The van der Waals surface area contributed by atoms with Crippen LogP contribution in [0.3, 0.4) is 0 Å². The highest BCUT2D eigenvalue weighted by atomic mass is 16.8. The van der Waals surface area contributed by atoms with E-state index in [0.717, 1.165) is 81.7 Å². The molecule has 4 heterocycles. The number of rotatable bonds is 21. The SMILES string of the molecule is CC(=O)OC[C@H]1O[C@@H](O[C@H]2[C@@H](O)C[C@@]3(C)[C@@H](CC[C@]4(C)[C@@H]3CC=C3[C@@H]5CC(C)(C)CC[C@]5(C(=O)O[C@@H]5OC[C@H](OC(C)=O)[C@H](OC(C)=O)[C@H]5O[C@@H]5O[C@@H](C)[C@H](O[C@@H]6OC[C@@H](OC(C)=O)[C@H](OC(C)=O)[C@H]6OC(C)=O)[C@@H](OC(C)=O)[C@H]5OC(C)=O)CC[C@]34C)[C@]2(C)C(=O)O)[C@H](OC(C)=O)[C@@H](OC(C)=O)[C@@H]1OC(C)=O. The van der Waals surface area contributed by atoms with E-state index in [9.17, 15) is 67.7 Å². The molecule has 0 aromatic rings. The average molecular weight is 1540 g/mol. The summed E-state index contributed by atoms with van der Waals surface area (Å²) in [6.07, 6.45) is -27.5. The summed E-state index contributed by atoms with van der Waals surface area (Å²) in [5.74, 6) is -13.4. The van der Waals surface area contributed by atoms with Gasteiger partial charge in [-0.25, -0.2) is 0 Å². The summed E-state index contributed by atoms with van der Waals surface area (Å²) < 4.78 is 114. The molecule has 4 saturated heterocycles. The molecule has 34 heteroatoms. The predicted octanol–water partition coefficient (Wildman–Crippen LogP) is 4.58. The highest BCUT2D eigenvalue weighted by Gasteiger charge is 2.74. The van der Waals surface area contributed by atoms with Crippen LogP contribution < -0.4 is 0 Å². The van der Waals surface area contributed by atoms with Gasteiger partial charge in [0.05, 0.1) is 36.3 Å². The van der Waals surface area contributed by atoms with Gasteiger partial charge in [0.15, 0.2) is 86.0 Å². The standard InChI is InChI=1S/C74H104O34/c1-32-52(105-63-58(101-41(10)83)54(97-37(6)79)47(30-91-63)94-34(3)76)56(99-39(8)81)60(102-42(11)84)65(93-32)106-59-55(98-38(7)80)48(95-35(4)77)31-92-64(59)108-68(89)74-25-23-69(13,14)27-45(74)44-19-20-50-70(15)28-46(86)62(73(18,67(87)88)51(70)21-22-72(50,17)71(44,16)24-26-74)107-66-61(103-43(12)85)57(100-40(9)82)53(96-36(5)78)49(104-66)29-90-33(2)75/h19,32,45-66,86H,20-31H2,1-18H3,(H,87,88)/t32-,45-,46-,47+,48-,49+,50+,51+,52-,53+,54-,55-,56+,57-,58+,59+,60+,61+,62-,63-,64-,65-,66-,70+,71+,72+,73-,74-/m0/s1. The lowest BCUT2D eigenvalue weighted by molar-refractivity contribution is -0.369. The van der Waals surface area contributed by atoms with Gasteiger partial charge in [-0.1, -0.05) is 46.3 Å². The van der Waals surface area contributed by atoms with Gasteiger partial charge < -0.3 is 100 Å². The molecule has 2 N–H and O–H groups in total. The van der Waals surface area contributed by atoms with Crippen LogP contribution in [0.5, 0.6) is 0 Å². The molecule has 5 aliphatic carbocycles. The number of aliphatic hydroxyl groups is 1. The van der Waals surface area contributed by atoms with E-state index in [1.165, 1.54) is 13.8 Å². The zero-order chi connectivity index (χ0) is 80.0. The van der Waals surface area contributed by atoms with E-state index in [-0.39, 0.29) is 30.6 Å². The monoisotopic (exact) mass is 1540 g/mol. The van der Waals surface area contributed by atoms with E-state index >= 15 is 4.79 Å². The molecule has 34 nitrogen and oxygen atoms in total. The van der Waals surface area contributed by atoms with E-state index in [1.807, 2.05) is 6.92 Å². The first kappa shape index (κ1) is 84.5. The van der Waals surface area contributed by atoms with E-state index in [0.29, 0.717) is 38.5 Å². The molecule has 8 fully saturated rings. The number of allylic oxidation sites excluding steroid dienone is 2. The van der Waals surface area contributed by atoms with Crippen LogP contribution in [0.2, 0.25) is 0 Å². The van der Waals surface area contributed by atoms with Crippen LogP contribution in [0.25, 0.3) is 0 Å². The molecule has 0 amide bonds. The summed E-state index contributed by atoms with van der Waals surface area (Å²) in [5.41, 5.74) is -4.92. The highest BCUT2D eigenvalue weighted by molar-refractivity contribution is 5.80. The molecular formula is C74H104O34. The first-order valence-corrected chi connectivity index (χ1v) is 36.5. The number of carbonyl (C=O) groups is 13. The molecule has 0 bridgehead atoms. The third-order valence-corrected chi connectivity index (χ3v) is 23.8. The van der Waals surface area contributed by atoms with Crippen molar-refractivity contribution < 1.29 is 163 Å². The van der Waals surface area contributed by atoms with E-state index in [1.54, 1.807) is 0 Å². The van der Waals surface area contributed by atoms with Crippen molar-refractivity contribution in [1.82, 2.24) is 0 Å². The smallest absolute Gasteiger partial charge is 0.315 e. The number of hydrogen-bond acceptors (Lipinski definition) is 33. The summed E-state index contributed by atoms with van der Waals surface area (Å²) in [6.45, 7) is 23.6. The quantitative estimate of drug-likeness (QED) is 0.0687. The Morgan fingerprint density at radius 1 is 0.454 bits per heavy atom. The molecular weight excluding hydrogens is 1430 g/mol. The minimum Gasteiger partial charge on any atom is -0.481 e.